The smallest absolute Gasteiger partial charge is 0.146 e. The summed E-state index contributed by atoms with van der Waals surface area (Å²) in [6, 6.07) is 3.82. The lowest BCUT2D eigenvalue weighted by molar-refractivity contribution is 0.313. The third kappa shape index (κ3) is 3.44. The average Bonchev–Trinajstić information content (AvgIpc) is 2.46. The molecule has 1 saturated carbocycles. The second-order valence-electron chi connectivity index (χ2n) is 6.06. The number of benzene rings is 1. The van der Waals surface area contributed by atoms with Gasteiger partial charge in [0.1, 0.15) is 11.6 Å². The van der Waals surface area contributed by atoms with Gasteiger partial charge in [-0.3, -0.25) is 0 Å². The Morgan fingerprint density at radius 3 is 2.72 bits per heavy atom. The average molecular weight is 253 g/mol. The van der Waals surface area contributed by atoms with E-state index in [1.54, 1.807) is 0 Å². The molecule has 0 spiro atoms. The third-order valence-electron chi connectivity index (χ3n) is 3.86. The number of rotatable bonds is 2. The van der Waals surface area contributed by atoms with Gasteiger partial charge in [0.05, 0.1) is 5.69 Å². The molecule has 0 aliphatic heterocycles. The maximum Gasteiger partial charge on any atom is 0.146 e. The van der Waals surface area contributed by atoms with Crippen molar-refractivity contribution in [3.8, 4) is 0 Å². The molecule has 1 aliphatic rings. The van der Waals surface area contributed by atoms with Crippen LogP contribution in [0.3, 0.4) is 0 Å². The van der Waals surface area contributed by atoms with E-state index in [4.69, 9.17) is 0 Å². The first-order chi connectivity index (χ1) is 8.46. The third-order valence-corrected chi connectivity index (χ3v) is 3.86. The molecule has 1 N–H and O–H groups in total. The summed E-state index contributed by atoms with van der Waals surface area (Å²) in [5.74, 6) is -0.771. The molecule has 0 saturated heterocycles. The van der Waals surface area contributed by atoms with Crippen LogP contribution < -0.4 is 5.32 Å². The lowest BCUT2D eigenvalue weighted by Gasteiger charge is -2.22. The molecule has 0 radical (unpaired) electrons. The van der Waals surface area contributed by atoms with Crippen LogP contribution in [-0.4, -0.2) is 6.04 Å². The molecule has 2 rings (SSSR count). The van der Waals surface area contributed by atoms with Crippen LogP contribution in [0.15, 0.2) is 18.2 Å². The molecule has 0 amide bonds. The molecule has 0 aromatic heterocycles. The summed E-state index contributed by atoms with van der Waals surface area (Å²) in [6.07, 6.45) is 5.52. The van der Waals surface area contributed by atoms with E-state index in [1.807, 2.05) is 0 Å². The van der Waals surface area contributed by atoms with E-state index < -0.39 is 5.82 Å². The summed E-state index contributed by atoms with van der Waals surface area (Å²) < 4.78 is 26.6. The maximum absolute atomic E-state index is 13.5. The Kier molecular flexibility index (Phi) is 3.88. The SMILES string of the molecule is CC1(C)CCCC(Nc2cc(F)ccc2F)CC1. The number of anilines is 1. The van der Waals surface area contributed by atoms with Crippen molar-refractivity contribution in [1.82, 2.24) is 0 Å². The zero-order valence-corrected chi connectivity index (χ0v) is 11.1. The maximum atomic E-state index is 13.5. The van der Waals surface area contributed by atoms with Crippen LogP contribution in [0.5, 0.6) is 0 Å². The summed E-state index contributed by atoms with van der Waals surface area (Å²) in [4.78, 5) is 0. The van der Waals surface area contributed by atoms with Crippen molar-refractivity contribution in [3.05, 3.63) is 29.8 Å². The molecule has 1 unspecified atom stereocenters. The lowest BCUT2D eigenvalue weighted by atomic mass is 9.85. The Hall–Kier alpha value is -1.12. The monoisotopic (exact) mass is 253 g/mol. The van der Waals surface area contributed by atoms with Gasteiger partial charge >= 0.3 is 0 Å². The second-order valence-corrected chi connectivity index (χ2v) is 6.06. The zero-order chi connectivity index (χ0) is 13.2. The van der Waals surface area contributed by atoms with E-state index in [1.165, 1.54) is 18.6 Å². The standard InChI is InChI=1S/C15H21F2N/c1-15(2)8-3-4-12(7-9-15)18-14-10-11(16)5-6-13(14)17/h5-6,10,12,18H,3-4,7-9H2,1-2H3. The first kappa shape index (κ1) is 13.3. The first-order valence-electron chi connectivity index (χ1n) is 6.68. The lowest BCUT2D eigenvalue weighted by Crippen LogP contribution is -2.20. The zero-order valence-electron chi connectivity index (χ0n) is 11.1. The minimum atomic E-state index is -0.396. The minimum Gasteiger partial charge on any atom is -0.380 e. The van der Waals surface area contributed by atoms with Crippen molar-refractivity contribution in [3.63, 3.8) is 0 Å². The predicted molar refractivity (Wildman–Crippen MR) is 70.6 cm³/mol. The molecular formula is C15H21F2N. The van der Waals surface area contributed by atoms with Crippen LogP contribution in [0.2, 0.25) is 0 Å². The van der Waals surface area contributed by atoms with Crippen LogP contribution in [0.25, 0.3) is 0 Å². The highest BCUT2D eigenvalue weighted by Gasteiger charge is 2.24. The molecule has 18 heavy (non-hydrogen) atoms. The highest BCUT2D eigenvalue weighted by Crippen LogP contribution is 2.34. The van der Waals surface area contributed by atoms with Gasteiger partial charge in [0.2, 0.25) is 0 Å². The van der Waals surface area contributed by atoms with Gasteiger partial charge in [-0.05, 0) is 49.3 Å². The van der Waals surface area contributed by atoms with Gasteiger partial charge in [0.15, 0.2) is 0 Å². The molecule has 1 fully saturated rings. The van der Waals surface area contributed by atoms with Crippen LogP contribution in [0.1, 0.15) is 46.0 Å². The summed E-state index contributed by atoms with van der Waals surface area (Å²) in [5.41, 5.74) is 0.663. The Labute approximate surface area is 108 Å². The highest BCUT2D eigenvalue weighted by molar-refractivity contribution is 5.45. The fourth-order valence-electron chi connectivity index (χ4n) is 2.63. The number of nitrogens with one attached hydrogen (secondary N) is 1. The van der Waals surface area contributed by atoms with Crippen LogP contribution in [-0.2, 0) is 0 Å². The van der Waals surface area contributed by atoms with Crippen LogP contribution in [0.4, 0.5) is 14.5 Å². The van der Waals surface area contributed by atoms with Gasteiger partial charge in [-0.1, -0.05) is 20.3 Å². The van der Waals surface area contributed by atoms with E-state index in [-0.39, 0.29) is 11.9 Å². The molecule has 1 aromatic rings. The molecule has 100 valence electrons. The summed E-state index contributed by atoms with van der Waals surface area (Å²) >= 11 is 0. The fraction of sp³-hybridized carbons (Fsp3) is 0.600. The van der Waals surface area contributed by atoms with Gasteiger partial charge in [0.25, 0.3) is 0 Å². The first-order valence-corrected chi connectivity index (χ1v) is 6.68. The quantitative estimate of drug-likeness (QED) is 0.751. The van der Waals surface area contributed by atoms with Crippen molar-refractivity contribution in [2.75, 3.05) is 5.32 Å². The van der Waals surface area contributed by atoms with Gasteiger partial charge in [0, 0.05) is 6.04 Å². The van der Waals surface area contributed by atoms with Gasteiger partial charge in [-0.25, -0.2) is 8.78 Å². The van der Waals surface area contributed by atoms with Gasteiger partial charge in [-0.2, -0.15) is 0 Å². The van der Waals surface area contributed by atoms with Gasteiger partial charge in [-0.15, -0.1) is 0 Å². The molecular weight excluding hydrogens is 232 g/mol. The Morgan fingerprint density at radius 2 is 1.94 bits per heavy atom. The van der Waals surface area contributed by atoms with Crippen molar-refractivity contribution >= 4 is 5.69 Å². The van der Waals surface area contributed by atoms with Crippen molar-refractivity contribution in [2.24, 2.45) is 5.41 Å². The van der Waals surface area contributed by atoms with E-state index in [0.717, 1.165) is 31.7 Å². The topological polar surface area (TPSA) is 12.0 Å². The molecule has 1 nitrogen and oxygen atoms in total. The Balaban J connectivity index is 2.03. The number of hydrogen-bond donors (Lipinski definition) is 1. The van der Waals surface area contributed by atoms with E-state index in [0.29, 0.717) is 11.1 Å². The van der Waals surface area contributed by atoms with E-state index in [2.05, 4.69) is 19.2 Å². The van der Waals surface area contributed by atoms with Gasteiger partial charge < -0.3 is 5.32 Å². The van der Waals surface area contributed by atoms with Crippen molar-refractivity contribution < 1.29 is 8.78 Å². The molecule has 3 heteroatoms. The summed E-state index contributed by atoms with van der Waals surface area (Å²) in [7, 11) is 0. The second kappa shape index (κ2) is 5.25. The molecule has 0 bridgehead atoms. The fourth-order valence-corrected chi connectivity index (χ4v) is 2.63. The minimum absolute atomic E-state index is 0.253. The summed E-state index contributed by atoms with van der Waals surface area (Å²) in [6.45, 7) is 4.55. The Morgan fingerprint density at radius 1 is 1.17 bits per heavy atom. The van der Waals surface area contributed by atoms with Crippen molar-refractivity contribution in [2.45, 2.75) is 52.0 Å². The van der Waals surface area contributed by atoms with E-state index in [9.17, 15) is 8.78 Å². The Bertz CT molecular complexity index is 415. The van der Waals surface area contributed by atoms with Crippen molar-refractivity contribution in [1.29, 1.82) is 0 Å². The van der Waals surface area contributed by atoms with Crippen LogP contribution in [0, 0.1) is 17.0 Å². The molecule has 1 aromatic carbocycles. The predicted octanol–water partition coefficient (Wildman–Crippen LogP) is 4.74. The van der Waals surface area contributed by atoms with Crippen LogP contribution >= 0.6 is 0 Å². The number of hydrogen-bond acceptors (Lipinski definition) is 1. The van der Waals surface area contributed by atoms with E-state index >= 15 is 0 Å². The largest absolute Gasteiger partial charge is 0.380 e. The highest BCUT2D eigenvalue weighted by atomic mass is 19.1. The summed E-state index contributed by atoms with van der Waals surface area (Å²) in [5, 5.41) is 3.15. The number of halogens is 2. The normalized spacial score (nSPS) is 23.4. The molecule has 1 atom stereocenters. The molecule has 0 heterocycles. The molecule has 1 aliphatic carbocycles.